The molecule has 1 heterocycles. The number of piperidine rings is 1. The average molecular weight is 323 g/mol. The van der Waals surface area contributed by atoms with Crippen molar-refractivity contribution in [1.29, 1.82) is 0 Å². The molecular weight excluding hydrogens is 302 g/mol. The largest absolute Gasteiger partial charge is 0.299 e. The van der Waals surface area contributed by atoms with Gasteiger partial charge in [0.05, 0.1) is 0 Å². The number of nitrogens with zero attached hydrogens (tertiary/aromatic N) is 1. The SMILES string of the molecule is O=C(c1cccc(CN2CCCCC2)c1)c1ccccc1C=S. The van der Waals surface area contributed by atoms with Gasteiger partial charge in [0.25, 0.3) is 0 Å². The van der Waals surface area contributed by atoms with Gasteiger partial charge >= 0.3 is 0 Å². The molecule has 23 heavy (non-hydrogen) atoms. The lowest BCUT2D eigenvalue weighted by atomic mass is 9.97. The van der Waals surface area contributed by atoms with E-state index in [1.54, 1.807) is 5.37 Å². The van der Waals surface area contributed by atoms with E-state index in [4.69, 9.17) is 12.2 Å². The van der Waals surface area contributed by atoms with Crippen LogP contribution in [-0.2, 0) is 6.54 Å². The Balaban J connectivity index is 1.81. The molecule has 0 spiro atoms. The fourth-order valence-corrected chi connectivity index (χ4v) is 3.35. The van der Waals surface area contributed by atoms with Crippen molar-refractivity contribution >= 4 is 23.4 Å². The number of rotatable bonds is 5. The number of thiocarbonyl (C=S) groups is 1. The molecule has 0 aromatic heterocycles. The minimum absolute atomic E-state index is 0.0437. The van der Waals surface area contributed by atoms with Crippen LogP contribution in [0.25, 0.3) is 0 Å². The molecule has 0 radical (unpaired) electrons. The molecule has 2 aromatic rings. The molecule has 1 aliphatic heterocycles. The lowest BCUT2D eigenvalue weighted by Crippen LogP contribution is -2.29. The summed E-state index contributed by atoms with van der Waals surface area (Å²) < 4.78 is 0. The van der Waals surface area contributed by atoms with Gasteiger partial charge in [0.15, 0.2) is 5.78 Å². The van der Waals surface area contributed by atoms with Gasteiger partial charge in [-0.05, 0) is 43.1 Å². The maximum absolute atomic E-state index is 12.8. The average Bonchev–Trinajstić information content (AvgIpc) is 2.62. The van der Waals surface area contributed by atoms with E-state index in [9.17, 15) is 4.79 Å². The molecule has 1 aliphatic rings. The van der Waals surface area contributed by atoms with E-state index in [1.807, 2.05) is 42.5 Å². The van der Waals surface area contributed by atoms with Crippen LogP contribution in [0.1, 0.15) is 46.3 Å². The third-order valence-corrected chi connectivity index (χ3v) is 4.63. The molecule has 0 atom stereocenters. The van der Waals surface area contributed by atoms with E-state index < -0.39 is 0 Å². The Kier molecular flexibility index (Phi) is 5.31. The summed E-state index contributed by atoms with van der Waals surface area (Å²) >= 11 is 5.03. The monoisotopic (exact) mass is 323 g/mol. The Morgan fingerprint density at radius 2 is 1.83 bits per heavy atom. The van der Waals surface area contributed by atoms with Crippen molar-refractivity contribution in [3.05, 3.63) is 70.8 Å². The normalized spacial score (nSPS) is 15.3. The van der Waals surface area contributed by atoms with Gasteiger partial charge in [0.1, 0.15) is 0 Å². The number of hydrogen-bond donors (Lipinski definition) is 0. The molecule has 3 heteroatoms. The van der Waals surface area contributed by atoms with Crippen molar-refractivity contribution in [2.24, 2.45) is 0 Å². The number of ketones is 1. The Morgan fingerprint density at radius 1 is 1.04 bits per heavy atom. The summed E-state index contributed by atoms with van der Waals surface area (Å²) in [6, 6.07) is 15.5. The minimum Gasteiger partial charge on any atom is -0.299 e. The van der Waals surface area contributed by atoms with E-state index >= 15 is 0 Å². The molecule has 0 amide bonds. The van der Waals surface area contributed by atoms with Gasteiger partial charge in [-0.2, -0.15) is 0 Å². The van der Waals surface area contributed by atoms with Gasteiger partial charge in [-0.15, -0.1) is 0 Å². The number of carbonyl (C=O) groups excluding carboxylic acids is 1. The maximum Gasteiger partial charge on any atom is 0.193 e. The smallest absolute Gasteiger partial charge is 0.193 e. The summed E-state index contributed by atoms with van der Waals surface area (Å²) in [4.78, 5) is 15.3. The first-order valence-electron chi connectivity index (χ1n) is 8.18. The highest BCUT2D eigenvalue weighted by atomic mass is 32.1. The minimum atomic E-state index is 0.0437. The first kappa shape index (κ1) is 16.0. The molecule has 0 N–H and O–H groups in total. The van der Waals surface area contributed by atoms with Crippen molar-refractivity contribution in [3.63, 3.8) is 0 Å². The van der Waals surface area contributed by atoms with Crippen molar-refractivity contribution < 1.29 is 4.79 Å². The van der Waals surface area contributed by atoms with E-state index in [0.717, 1.165) is 30.8 Å². The zero-order valence-electron chi connectivity index (χ0n) is 13.2. The Morgan fingerprint density at radius 3 is 2.61 bits per heavy atom. The molecule has 118 valence electrons. The van der Waals surface area contributed by atoms with Crippen molar-refractivity contribution in [2.75, 3.05) is 13.1 Å². The Hall–Kier alpha value is -1.84. The van der Waals surface area contributed by atoms with Gasteiger partial charge in [0.2, 0.25) is 0 Å². The molecule has 1 fully saturated rings. The number of hydrogen-bond acceptors (Lipinski definition) is 3. The fraction of sp³-hybridized carbons (Fsp3) is 0.300. The molecule has 1 saturated heterocycles. The van der Waals surface area contributed by atoms with Crippen LogP contribution in [0.4, 0.5) is 0 Å². The van der Waals surface area contributed by atoms with Crippen molar-refractivity contribution in [2.45, 2.75) is 25.8 Å². The van der Waals surface area contributed by atoms with Crippen molar-refractivity contribution in [3.8, 4) is 0 Å². The molecule has 0 aliphatic carbocycles. The van der Waals surface area contributed by atoms with Crippen molar-refractivity contribution in [1.82, 2.24) is 4.90 Å². The predicted molar refractivity (Wildman–Crippen MR) is 98.2 cm³/mol. The summed E-state index contributed by atoms with van der Waals surface area (Å²) in [6.45, 7) is 3.24. The lowest BCUT2D eigenvalue weighted by molar-refractivity contribution is 0.103. The molecule has 2 aromatic carbocycles. The second kappa shape index (κ2) is 7.62. The summed E-state index contributed by atoms with van der Waals surface area (Å²) in [6.07, 6.45) is 3.89. The fourth-order valence-electron chi connectivity index (χ4n) is 3.15. The van der Waals surface area contributed by atoms with Gasteiger partial charge in [0, 0.05) is 23.0 Å². The van der Waals surface area contributed by atoms with E-state index in [1.165, 1.54) is 24.8 Å². The molecule has 3 rings (SSSR count). The first-order valence-corrected chi connectivity index (χ1v) is 8.65. The van der Waals surface area contributed by atoms with Crippen LogP contribution in [0.5, 0.6) is 0 Å². The van der Waals surface area contributed by atoms with Crippen LogP contribution in [0, 0.1) is 0 Å². The van der Waals surface area contributed by atoms with Gasteiger partial charge in [-0.1, -0.05) is 61.1 Å². The standard InChI is InChI=1S/C20H21NOS/c22-20(19-10-3-2-8-18(19)15-23)17-9-6-7-16(13-17)14-21-11-4-1-5-12-21/h2-3,6-10,13,15H,1,4-5,11-12,14H2. The van der Waals surface area contributed by atoms with Gasteiger partial charge < -0.3 is 0 Å². The van der Waals surface area contributed by atoms with E-state index in [0.29, 0.717) is 5.56 Å². The van der Waals surface area contributed by atoms with E-state index in [-0.39, 0.29) is 5.78 Å². The molecule has 0 saturated carbocycles. The van der Waals surface area contributed by atoms with Gasteiger partial charge in [-0.25, -0.2) is 0 Å². The maximum atomic E-state index is 12.8. The summed E-state index contributed by atoms with van der Waals surface area (Å²) in [5, 5.41) is 1.57. The van der Waals surface area contributed by atoms with Crippen LogP contribution >= 0.6 is 12.2 Å². The summed E-state index contributed by atoms with van der Waals surface area (Å²) in [7, 11) is 0. The molecule has 2 nitrogen and oxygen atoms in total. The van der Waals surface area contributed by atoms with Crippen LogP contribution in [0.2, 0.25) is 0 Å². The van der Waals surface area contributed by atoms with Gasteiger partial charge in [-0.3, -0.25) is 9.69 Å². The molecular formula is C20H21NOS. The van der Waals surface area contributed by atoms with E-state index in [2.05, 4.69) is 11.0 Å². The predicted octanol–water partition coefficient (Wildman–Crippen LogP) is 4.25. The van der Waals surface area contributed by atoms with Crippen LogP contribution in [0.15, 0.2) is 48.5 Å². The second-order valence-corrected chi connectivity index (χ2v) is 6.31. The number of likely N-dealkylation sites (tertiary alicyclic amines) is 1. The second-order valence-electron chi connectivity index (χ2n) is 6.07. The third-order valence-electron chi connectivity index (χ3n) is 4.38. The molecule has 0 bridgehead atoms. The Labute approximate surface area is 143 Å². The summed E-state index contributed by atoms with van der Waals surface area (Å²) in [5.41, 5.74) is 3.44. The van der Waals surface area contributed by atoms with Crippen LogP contribution in [0.3, 0.4) is 0 Å². The number of carbonyl (C=O) groups is 1. The highest BCUT2D eigenvalue weighted by Crippen LogP contribution is 2.17. The zero-order chi connectivity index (χ0) is 16.1. The lowest BCUT2D eigenvalue weighted by Gasteiger charge is -2.26. The number of benzene rings is 2. The third kappa shape index (κ3) is 3.92. The first-order chi connectivity index (χ1) is 11.3. The van der Waals surface area contributed by atoms with Crippen LogP contribution < -0.4 is 0 Å². The highest BCUT2D eigenvalue weighted by molar-refractivity contribution is 7.79. The Bertz CT molecular complexity index is 704. The molecule has 0 unspecified atom stereocenters. The highest BCUT2D eigenvalue weighted by Gasteiger charge is 2.14. The summed E-state index contributed by atoms with van der Waals surface area (Å²) in [5.74, 6) is 0.0437. The topological polar surface area (TPSA) is 20.3 Å². The zero-order valence-corrected chi connectivity index (χ0v) is 14.0. The van der Waals surface area contributed by atoms with Crippen LogP contribution in [-0.4, -0.2) is 29.1 Å². The quantitative estimate of drug-likeness (QED) is 0.606.